The van der Waals surface area contributed by atoms with E-state index in [-0.39, 0.29) is 6.73 Å². The molecule has 19 heavy (non-hydrogen) atoms. The van der Waals surface area contributed by atoms with Crippen molar-refractivity contribution in [1.82, 2.24) is 9.55 Å². The van der Waals surface area contributed by atoms with Crippen LogP contribution in [0.25, 0.3) is 11.0 Å². The van der Waals surface area contributed by atoms with Crippen LogP contribution in [0, 0.1) is 0 Å². The Labute approximate surface area is 108 Å². The number of aromatic nitrogens is 2. The van der Waals surface area contributed by atoms with Gasteiger partial charge in [0.05, 0.1) is 11.0 Å². The first-order valence-electron chi connectivity index (χ1n) is 5.80. The number of hydrogen-bond donors (Lipinski definition) is 1. The van der Waals surface area contributed by atoms with Crippen molar-refractivity contribution in [3.05, 3.63) is 30.1 Å². The maximum Gasteiger partial charge on any atom is 0.411 e. The van der Waals surface area contributed by atoms with Gasteiger partial charge < -0.3 is 15.0 Å². The van der Waals surface area contributed by atoms with Gasteiger partial charge in [0.1, 0.15) is 19.2 Å². The van der Waals surface area contributed by atoms with Gasteiger partial charge in [-0.3, -0.25) is 0 Å². The average Bonchev–Trinajstić information content (AvgIpc) is 2.67. The third-order valence-corrected chi connectivity index (χ3v) is 2.59. The molecular weight excluding hydrogens is 259 g/mol. The minimum Gasteiger partial charge on any atom is -0.351 e. The van der Waals surface area contributed by atoms with Crippen molar-refractivity contribution in [2.24, 2.45) is 5.73 Å². The molecule has 0 aliphatic carbocycles. The number of rotatable bonds is 5. The molecule has 0 unspecified atom stereocenters. The Morgan fingerprint density at radius 1 is 1.26 bits per heavy atom. The van der Waals surface area contributed by atoms with Crippen LogP contribution in [0.2, 0.25) is 0 Å². The van der Waals surface area contributed by atoms with Gasteiger partial charge in [-0.2, -0.15) is 13.2 Å². The summed E-state index contributed by atoms with van der Waals surface area (Å²) in [6.07, 6.45) is -3.84. The van der Waals surface area contributed by atoms with E-state index in [4.69, 9.17) is 10.5 Å². The van der Waals surface area contributed by atoms with Gasteiger partial charge in [-0.15, -0.1) is 0 Å². The van der Waals surface area contributed by atoms with E-state index in [0.717, 1.165) is 11.0 Å². The van der Waals surface area contributed by atoms with Crippen LogP contribution < -0.4 is 5.73 Å². The molecule has 0 saturated heterocycles. The summed E-state index contributed by atoms with van der Waals surface area (Å²) in [5.74, 6) is 0.630. The summed E-state index contributed by atoms with van der Waals surface area (Å²) in [5.41, 5.74) is 6.94. The van der Waals surface area contributed by atoms with Gasteiger partial charge >= 0.3 is 6.18 Å². The van der Waals surface area contributed by atoms with E-state index < -0.39 is 12.8 Å². The van der Waals surface area contributed by atoms with Crippen molar-refractivity contribution in [3.63, 3.8) is 0 Å². The Morgan fingerprint density at radius 3 is 2.68 bits per heavy atom. The first-order chi connectivity index (χ1) is 9.01. The number of fused-ring (bicyclic) bond motifs is 1. The van der Waals surface area contributed by atoms with Crippen molar-refractivity contribution >= 4 is 11.0 Å². The number of para-hydroxylation sites is 2. The number of alkyl halides is 3. The van der Waals surface area contributed by atoms with Gasteiger partial charge in [0.15, 0.2) is 0 Å². The highest BCUT2D eigenvalue weighted by atomic mass is 19.4. The molecule has 0 aliphatic heterocycles. The quantitative estimate of drug-likeness (QED) is 0.907. The summed E-state index contributed by atoms with van der Waals surface area (Å²) >= 11 is 0. The Kier molecular flexibility index (Phi) is 4.06. The first-order valence-corrected chi connectivity index (χ1v) is 5.80. The largest absolute Gasteiger partial charge is 0.411 e. The summed E-state index contributed by atoms with van der Waals surface area (Å²) in [4.78, 5) is 4.34. The van der Waals surface area contributed by atoms with Crippen LogP contribution in [-0.2, 0) is 17.9 Å². The predicted octanol–water partition coefficient (Wildman–Crippen LogP) is 2.07. The SMILES string of the molecule is NCCc1nc2ccccc2n1COCC(F)(F)F. The topological polar surface area (TPSA) is 53.1 Å². The van der Waals surface area contributed by atoms with Crippen LogP contribution in [0.1, 0.15) is 5.82 Å². The van der Waals surface area contributed by atoms with Gasteiger partial charge in [-0.25, -0.2) is 4.98 Å². The molecular formula is C12H14F3N3O. The number of ether oxygens (including phenoxy) is 1. The number of halogens is 3. The molecule has 1 heterocycles. The van der Waals surface area contributed by atoms with E-state index in [1.54, 1.807) is 22.8 Å². The highest BCUT2D eigenvalue weighted by Crippen LogP contribution is 2.18. The molecule has 0 spiro atoms. The molecule has 0 saturated carbocycles. The smallest absolute Gasteiger partial charge is 0.351 e. The van der Waals surface area contributed by atoms with Gasteiger partial charge in [0, 0.05) is 6.42 Å². The van der Waals surface area contributed by atoms with E-state index in [2.05, 4.69) is 4.98 Å². The zero-order chi connectivity index (χ0) is 13.9. The van der Waals surface area contributed by atoms with Crippen molar-refractivity contribution < 1.29 is 17.9 Å². The van der Waals surface area contributed by atoms with Gasteiger partial charge in [0.2, 0.25) is 0 Å². The van der Waals surface area contributed by atoms with Crippen LogP contribution in [0.5, 0.6) is 0 Å². The third-order valence-electron chi connectivity index (χ3n) is 2.59. The lowest BCUT2D eigenvalue weighted by Gasteiger charge is -2.11. The molecule has 0 radical (unpaired) electrons. The Balaban J connectivity index is 2.21. The van der Waals surface area contributed by atoms with Gasteiger partial charge in [-0.05, 0) is 18.7 Å². The molecule has 0 aliphatic rings. The van der Waals surface area contributed by atoms with E-state index in [9.17, 15) is 13.2 Å². The zero-order valence-electron chi connectivity index (χ0n) is 10.2. The molecule has 2 N–H and O–H groups in total. The molecule has 1 aromatic heterocycles. The van der Waals surface area contributed by atoms with Crippen molar-refractivity contribution in [2.75, 3.05) is 13.2 Å². The molecule has 0 bridgehead atoms. The molecule has 4 nitrogen and oxygen atoms in total. The Morgan fingerprint density at radius 2 is 2.00 bits per heavy atom. The second kappa shape index (κ2) is 5.58. The van der Waals surface area contributed by atoms with Crippen LogP contribution in [0.4, 0.5) is 13.2 Å². The molecule has 104 valence electrons. The molecule has 0 atom stereocenters. The summed E-state index contributed by atoms with van der Waals surface area (Å²) in [7, 11) is 0. The molecule has 7 heteroatoms. The first kappa shape index (κ1) is 13.8. The maximum atomic E-state index is 12.1. The Hall–Kier alpha value is -1.60. The monoisotopic (exact) mass is 273 g/mol. The fraction of sp³-hybridized carbons (Fsp3) is 0.417. The van der Waals surface area contributed by atoms with Crippen LogP contribution in [0.15, 0.2) is 24.3 Å². The highest BCUT2D eigenvalue weighted by molar-refractivity contribution is 5.75. The number of imidazole rings is 1. The van der Waals surface area contributed by atoms with Crippen LogP contribution >= 0.6 is 0 Å². The normalized spacial score (nSPS) is 12.2. The number of nitrogens with zero attached hydrogens (tertiary/aromatic N) is 2. The fourth-order valence-corrected chi connectivity index (χ4v) is 1.84. The second-order valence-corrected chi connectivity index (χ2v) is 4.08. The lowest BCUT2D eigenvalue weighted by molar-refractivity contribution is -0.181. The predicted molar refractivity (Wildman–Crippen MR) is 64.5 cm³/mol. The standard InChI is InChI=1S/C12H14F3N3O/c13-12(14,15)7-19-8-18-10-4-2-1-3-9(10)17-11(18)5-6-16/h1-4H,5-8,16H2. The number of hydrogen-bond acceptors (Lipinski definition) is 3. The lowest BCUT2D eigenvalue weighted by atomic mass is 10.3. The molecule has 2 rings (SSSR count). The van der Waals surface area contributed by atoms with Gasteiger partial charge in [0.25, 0.3) is 0 Å². The summed E-state index contributed by atoms with van der Waals surface area (Å²) < 4.78 is 42.5. The van der Waals surface area contributed by atoms with Gasteiger partial charge in [-0.1, -0.05) is 12.1 Å². The van der Waals surface area contributed by atoms with Crippen LogP contribution in [-0.4, -0.2) is 28.9 Å². The average molecular weight is 273 g/mol. The van der Waals surface area contributed by atoms with Crippen molar-refractivity contribution in [2.45, 2.75) is 19.3 Å². The minimum atomic E-state index is -4.33. The molecule has 1 aromatic carbocycles. The number of benzene rings is 1. The van der Waals surface area contributed by atoms with E-state index in [0.29, 0.717) is 18.8 Å². The maximum absolute atomic E-state index is 12.1. The third kappa shape index (κ3) is 3.45. The molecule has 0 fully saturated rings. The molecule has 2 aromatic rings. The zero-order valence-corrected chi connectivity index (χ0v) is 10.2. The van der Waals surface area contributed by atoms with Crippen molar-refractivity contribution in [3.8, 4) is 0 Å². The lowest BCUT2D eigenvalue weighted by Crippen LogP contribution is -2.19. The van der Waals surface area contributed by atoms with Crippen LogP contribution in [0.3, 0.4) is 0 Å². The summed E-state index contributed by atoms with van der Waals surface area (Å²) in [5, 5.41) is 0. The summed E-state index contributed by atoms with van der Waals surface area (Å²) in [6, 6.07) is 7.22. The fourth-order valence-electron chi connectivity index (χ4n) is 1.84. The minimum absolute atomic E-state index is 0.185. The second-order valence-electron chi connectivity index (χ2n) is 4.08. The van der Waals surface area contributed by atoms with E-state index >= 15 is 0 Å². The Bertz CT molecular complexity index is 551. The number of nitrogens with two attached hydrogens (primary N) is 1. The van der Waals surface area contributed by atoms with E-state index in [1.165, 1.54) is 0 Å². The van der Waals surface area contributed by atoms with E-state index in [1.807, 2.05) is 6.07 Å². The highest BCUT2D eigenvalue weighted by Gasteiger charge is 2.27. The molecule has 0 amide bonds. The summed E-state index contributed by atoms with van der Waals surface area (Å²) in [6.45, 7) is -1.08. The van der Waals surface area contributed by atoms with Crippen molar-refractivity contribution in [1.29, 1.82) is 0 Å².